The van der Waals surface area contributed by atoms with Crippen molar-refractivity contribution >= 4 is 0 Å². The molecule has 0 spiro atoms. The monoisotopic (exact) mass is 187 g/mol. The number of nitrogens with zero attached hydrogens (tertiary/aromatic N) is 1. The molecule has 1 aliphatic heterocycles. The number of ether oxygens (including phenoxy) is 1. The number of benzene rings is 1. The van der Waals surface area contributed by atoms with Crippen molar-refractivity contribution in [1.82, 2.24) is 0 Å². The van der Waals surface area contributed by atoms with Crippen LogP contribution in [0.5, 0.6) is 0 Å². The quantitative estimate of drug-likeness (QED) is 0.677. The summed E-state index contributed by atoms with van der Waals surface area (Å²) in [5.41, 5.74) is 2.10. The fraction of sp³-hybridized carbons (Fsp3) is 0.417. The first-order chi connectivity index (χ1) is 6.63. The van der Waals surface area contributed by atoms with E-state index in [1.165, 1.54) is 5.56 Å². The summed E-state index contributed by atoms with van der Waals surface area (Å²) in [7, 11) is 0. The highest BCUT2D eigenvalue weighted by atomic mass is 16.5. The van der Waals surface area contributed by atoms with E-state index in [1.54, 1.807) is 0 Å². The zero-order valence-electron chi connectivity index (χ0n) is 8.45. The third-order valence-electron chi connectivity index (χ3n) is 2.67. The Balaban J connectivity index is 2.23. The lowest BCUT2D eigenvalue weighted by molar-refractivity contribution is -0.172. The van der Waals surface area contributed by atoms with E-state index in [4.69, 9.17) is 10.00 Å². The zero-order chi connectivity index (χ0) is 10.2. The molecule has 0 aromatic heterocycles. The summed E-state index contributed by atoms with van der Waals surface area (Å²) in [5, 5.41) is 8.66. The number of hydrogen-bond acceptors (Lipinski definition) is 2. The molecule has 1 atom stereocenters. The van der Waals surface area contributed by atoms with Crippen molar-refractivity contribution in [2.24, 2.45) is 5.41 Å². The Hall–Kier alpha value is -1.33. The number of hydrogen-bond donors (Lipinski definition) is 0. The van der Waals surface area contributed by atoms with Gasteiger partial charge in [0.25, 0.3) is 0 Å². The van der Waals surface area contributed by atoms with E-state index >= 15 is 0 Å². The molecule has 1 aromatic rings. The summed E-state index contributed by atoms with van der Waals surface area (Å²) in [4.78, 5) is 0. The van der Waals surface area contributed by atoms with Crippen molar-refractivity contribution in [3.8, 4) is 6.07 Å². The van der Waals surface area contributed by atoms with Gasteiger partial charge < -0.3 is 4.74 Å². The van der Waals surface area contributed by atoms with Crippen LogP contribution in [-0.4, -0.2) is 6.61 Å². The molecule has 1 aromatic carbocycles. The van der Waals surface area contributed by atoms with E-state index in [9.17, 15) is 0 Å². The summed E-state index contributed by atoms with van der Waals surface area (Å²) in [6.07, 6.45) is 0.190. The van der Waals surface area contributed by atoms with Crippen molar-refractivity contribution in [2.45, 2.75) is 20.0 Å². The molecule has 1 fully saturated rings. The van der Waals surface area contributed by atoms with E-state index in [-0.39, 0.29) is 11.5 Å². The summed E-state index contributed by atoms with van der Waals surface area (Å²) >= 11 is 0. The zero-order valence-corrected chi connectivity index (χ0v) is 8.45. The highest BCUT2D eigenvalue weighted by Gasteiger charge is 2.40. The van der Waals surface area contributed by atoms with Crippen LogP contribution in [0.15, 0.2) is 24.3 Å². The molecule has 2 nitrogen and oxygen atoms in total. The van der Waals surface area contributed by atoms with Crippen LogP contribution < -0.4 is 0 Å². The average Bonchev–Trinajstić information content (AvgIpc) is 2.18. The first-order valence-corrected chi connectivity index (χ1v) is 4.75. The molecule has 0 saturated carbocycles. The van der Waals surface area contributed by atoms with Crippen LogP contribution in [-0.2, 0) is 4.74 Å². The first kappa shape index (κ1) is 9.23. The Morgan fingerprint density at radius 1 is 1.36 bits per heavy atom. The van der Waals surface area contributed by atoms with Crippen molar-refractivity contribution in [3.63, 3.8) is 0 Å². The fourth-order valence-electron chi connectivity index (χ4n) is 1.78. The van der Waals surface area contributed by atoms with Gasteiger partial charge >= 0.3 is 0 Å². The molecule has 2 rings (SSSR count). The molecule has 14 heavy (non-hydrogen) atoms. The molecule has 1 aliphatic rings. The minimum atomic E-state index is 0.190. The molecule has 1 heterocycles. The van der Waals surface area contributed by atoms with Gasteiger partial charge in [-0.25, -0.2) is 0 Å². The van der Waals surface area contributed by atoms with Crippen LogP contribution >= 0.6 is 0 Å². The molecule has 0 radical (unpaired) electrons. The van der Waals surface area contributed by atoms with E-state index in [0.717, 1.165) is 6.61 Å². The van der Waals surface area contributed by atoms with Gasteiger partial charge in [-0.1, -0.05) is 26.0 Å². The standard InChI is InChI=1S/C12H13NO/c1-12(2)8-14-11(12)10-5-3-9(7-13)4-6-10/h3-6,11H,8H2,1-2H3. The maximum Gasteiger partial charge on any atom is 0.0991 e. The minimum absolute atomic E-state index is 0.190. The van der Waals surface area contributed by atoms with Crippen LogP contribution in [0.1, 0.15) is 31.1 Å². The second-order valence-electron chi connectivity index (χ2n) is 4.41. The Labute approximate surface area is 84.1 Å². The highest BCUT2D eigenvalue weighted by Crippen LogP contribution is 2.45. The van der Waals surface area contributed by atoms with Crippen LogP contribution in [0.2, 0.25) is 0 Å². The lowest BCUT2D eigenvalue weighted by Gasteiger charge is -2.44. The van der Waals surface area contributed by atoms with E-state index in [2.05, 4.69) is 19.9 Å². The topological polar surface area (TPSA) is 33.0 Å². The highest BCUT2D eigenvalue weighted by molar-refractivity contribution is 5.33. The fourth-order valence-corrected chi connectivity index (χ4v) is 1.78. The van der Waals surface area contributed by atoms with Gasteiger partial charge in [0.05, 0.1) is 24.3 Å². The predicted octanol–water partition coefficient (Wildman–Crippen LogP) is 2.66. The van der Waals surface area contributed by atoms with Crippen molar-refractivity contribution in [3.05, 3.63) is 35.4 Å². The van der Waals surface area contributed by atoms with Crippen LogP contribution in [0.3, 0.4) is 0 Å². The van der Waals surface area contributed by atoms with Crippen LogP contribution in [0.4, 0.5) is 0 Å². The van der Waals surface area contributed by atoms with Crippen molar-refractivity contribution < 1.29 is 4.74 Å². The van der Waals surface area contributed by atoms with E-state index in [0.29, 0.717) is 5.56 Å². The smallest absolute Gasteiger partial charge is 0.0991 e. The van der Waals surface area contributed by atoms with Gasteiger partial charge in [0, 0.05) is 5.41 Å². The Kier molecular flexibility index (Phi) is 2.05. The molecule has 0 N–H and O–H groups in total. The SMILES string of the molecule is CC1(C)COC1c1ccc(C#N)cc1. The predicted molar refractivity (Wildman–Crippen MR) is 53.6 cm³/mol. The molecule has 72 valence electrons. The van der Waals surface area contributed by atoms with Gasteiger partial charge in [-0.05, 0) is 17.7 Å². The summed E-state index contributed by atoms with van der Waals surface area (Å²) < 4.78 is 5.52. The average molecular weight is 187 g/mol. The van der Waals surface area contributed by atoms with E-state index < -0.39 is 0 Å². The van der Waals surface area contributed by atoms with Gasteiger partial charge in [0.1, 0.15) is 0 Å². The molecule has 1 unspecified atom stereocenters. The van der Waals surface area contributed by atoms with Gasteiger partial charge in [-0.3, -0.25) is 0 Å². The minimum Gasteiger partial charge on any atom is -0.372 e. The lowest BCUT2D eigenvalue weighted by atomic mass is 9.79. The summed E-state index contributed by atoms with van der Waals surface area (Å²) in [5.74, 6) is 0. The molecular formula is C12H13NO. The number of rotatable bonds is 1. The normalized spacial score (nSPS) is 23.6. The second-order valence-corrected chi connectivity index (χ2v) is 4.41. The largest absolute Gasteiger partial charge is 0.372 e. The summed E-state index contributed by atoms with van der Waals surface area (Å²) in [6.45, 7) is 5.20. The van der Waals surface area contributed by atoms with Gasteiger partial charge in [-0.2, -0.15) is 5.26 Å². The molecule has 0 aliphatic carbocycles. The Morgan fingerprint density at radius 3 is 2.36 bits per heavy atom. The van der Waals surface area contributed by atoms with Gasteiger partial charge in [0.2, 0.25) is 0 Å². The molecule has 2 heteroatoms. The third-order valence-corrected chi connectivity index (χ3v) is 2.67. The second kappa shape index (κ2) is 3.11. The Bertz CT molecular complexity index is 372. The first-order valence-electron chi connectivity index (χ1n) is 4.75. The lowest BCUT2D eigenvalue weighted by Crippen LogP contribution is -2.40. The molecule has 0 bridgehead atoms. The van der Waals surface area contributed by atoms with Crippen molar-refractivity contribution in [1.29, 1.82) is 5.26 Å². The third kappa shape index (κ3) is 1.40. The van der Waals surface area contributed by atoms with E-state index in [1.807, 2.05) is 24.3 Å². The van der Waals surface area contributed by atoms with Crippen LogP contribution in [0.25, 0.3) is 0 Å². The summed E-state index contributed by atoms with van der Waals surface area (Å²) in [6, 6.07) is 9.74. The maximum atomic E-state index is 8.66. The number of nitriles is 1. The molecule has 0 amide bonds. The Morgan fingerprint density at radius 2 is 2.00 bits per heavy atom. The molecular weight excluding hydrogens is 174 g/mol. The molecule has 1 saturated heterocycles. The maximum absolute atomic E-state index is 8.66. The van der Waals surface area contributed by atoms with Crippen molar-refractivity contribution in [2.75, 3.05) is 6.61 Å². The van der Waals surface area contributed by atoms with Crippen LogP contribution in [0, 0.1) is 16.7 Å². The van der Waals surface area contributed by atoms with Gasteiger partial charge in [0.15, 0.2) is 0 Å². The van der Waals surface area contributed by atoms with Gasteiger partial charge in [-0.15, -0.1) is 0 Å².